The molecular formula is C23H19ClN4O3. The summed E-state index contributed by atoms with van der Waals surface area (Å²) in [6.45, 7) is 3.77. The molecular weight excluding hydrogens is 416 g/mol. The first-order chi connectivity index (χ1) is 14.9. The van der Waals surface area contributed by atoms with E-state index >= 15 is 0 Å². The van der Waals surface area contributed by atoms with Crippen LogP contribution in [0, 0.1) is 13.8 Å². The molecule has 31 heavy (non-hydrogen) atoms. The monoisotopic (exact) mass is 434 g/mol. The van der Waals surface area contributed by atoms with Crippen LogP contribution in [-0.4, -0.2) is 20.6 Å². The number of halogens is 1. The van der Waals surface area contributed by atoms with Gasteiger partial charge in [-0.25, -0.2) is 0 Å². The highest BCUT2D eigenvalue weighted by Crippen LogP contribution is 2.22. The maximum atomic E-state index is 12.9. The third-order valence-electron chi connectivity index (χ3n) is 4.60. The van der Waals surface area contributed by atoms with Gasteiger partial charge in [-0.1, -0.05) is 22.8 Å². The van der Waals surface area contributed by atoms with Gasteiger partial charge in [0, 0.05) is 22.5 Å². The highest BCUT2D eigenvalue weighted by atomic mass is 35.5. The zero-order chi connectivity index (χ0) is 22.0. The third-order valence-corrected chi connectivity index (χ3v) is 4.85. The highest BCUT2D eigenvalue weighted by molar-refractivity contribution is 6.30. The zero-order valence-corrected chi connectivity index (χ0v) is 17.7. The summed E-state index contributed by atoms with van der Waals surface area (Å²) >= 11 is 5.91. The molecule has 0 radical (unpaired) electrons. The average molecular weight is 435 g/mol. The second-order valence-corrected chi connectivity index (χ2v) is 7.65. The van der Waals surface area contributed by atoms with Crippen LogP contribution in [0.15, 0.2) is 70.1 Å². The van der Waals surface area contributed by atoms with Gasteiger partial charge in [-0.2, -0.15) is 4.98 Å². The molecule has 4 aromatic rings. The largest absolute Gasteiger partial charge is 0.333 e. The normalized spacial score (nSPS) is 10.8. The van der Waals surface area contributed by atoms with Crippen LogP contribution in [0.5, 0.6) is 0 Å². The molecule has 0 aliphatic heterocycles. The molecule has 0 unspecified atom stereocenters. The van der Waals surface area contributed by atoms with Crippen molar-refractivity contribution in [1.29, 1.82) is 0 Å². The van der Waals surface area contributed by atoms with Crippen molar-refractivity contribution < 1.29 is 9.32 Å². The summed E-state index contributed by atoms with van der Waals surface area (Å²) in [5, 5.41) is 7.36. The van der Waals surface area contributed by atoms with Crippen molar-refractivity contribution in [2.45, 2.75) is 20.4 Å². The molecule has 0 spiro atoms. The molecule has 0 bridgehead atoms. The first kappa shape index (κ1) is 20.6. The number of carbonyl (C=O) groups excluding carboxylic acids is 1. The number of hydrogen-bond acceptors (Lipinski definition) is 5. The predicted molar refractivity (Wildman–Crippen MR) is 119 cm³/mol. The minimum Gasteiger partial charge on any atom is -0.333 e. The Balaban J connectivity index is 1.55. The number of aromatic nitrogens is 3. The Morgan fingerprint density at radius 2 is 1.81 bits per heavy atom. The van der Waals surface area contributed by atoms with Crippen molar-refractivity contribution in [1.82, 2.24) is 14.7 Å². The van der Waals surface area contributed by atoms with Crippen molar-refractivity contribution in [3.05, 3.63) is 87.3 Å². The van der Waals surface area contributed by atoms with Gasteiger partial charge < -0.3 is 14.4 Å². The van der Waals surface area contributed by atoms with Crippen molar-refractivity contribution in [2.24, 2.45) is 0 Å². The van der Waals surface area contributed by atoms with E-state index in [1.807, 2.05) is 32.0 Å². The van der Waals surface area contributed by atoms with Gasteiger partial charge in [-0.15, -0.1) is 0 Å². The Bertz CT molecular complexity index is 1290. The van der Waals surface area contributed by atoms with E-state index in [0.717, 1.165) is 11.1 Å². The standard InChI is InChI=1S/C23H19ClN4O3/c1-14-10-15(2)12-18(11-14)25-20(29)13-28-9-3-4-19(23(28)30)22-26-21(27-31-22)16-5-7-17(24)8-6-16/h3-12H,13H2,1-2H3,(H,25,29). The quantitative estimate of drug-likeness (QED) is 0.500. The van der Waals surface area contributed by atoms with Crippen LogP contribution in [-0.2, 0) is 11.3 Å². The molecule has 4 rings (SSSR count). The summed E-state index contributed by atoms with van der Waals surface area (Å²) in [6, 6.07) is 16.0. The lowest BCUT2D eigenvalue weighted by molar-refractivity contribution is -0.116. The van der Waals surface area contributed by atoms with E-state index in [4.69, 9.17) is 16.1 Å². The second kappa shape index (κ2) is 8.57. The summed E-state index contributed by atoms with van der Waals surface area (Å²) in [5.74, 6) is 0.115. The van der Waals surface area contributed by atoms with Gasteiger partial charge in [-0.3, -0.25) is 9.59 Å². The molecule has 0 aliphatic carbocycles. The van der Waals surface area contributed by atoms with Crippen LogP contribution >= 0.6 is 11.6 Å². The number of benzene rings is 2. The number of amides is 1. The number of aryl methyl sites for hydroxylation is 2. The Kier molecular flexibility index (Phi) is 5.68. The summed E-state index contributed by atoms with van der Waals surface area (Å²) in [5.41, 5.74) is 3.31. The molecule has 2 heterocycles. The zero-order valence-electron chi connectivity index (χ0n) is 16.9. The molecule has 2 aromatic heterocycles. The van der Waals surface area contributed by atoms with E-state index in [1.54, 1.807) is 42.6 Å². The van der Waals surface area contributed by atoms with Gasteiger partial charge >= 0.3 is 0 Å². The number of anilines is 1. The lowest BCUT2D eigenvalue weighted by atomic mass is 10.1. The Labute approximate surface area is 183 Å². The van der Waals surface area contributed by atoms with Gasteiger partial charge in [0.1, 0.15) is 12.1 Å². The Hall–Kier alpha value is -3.71. The van der Waals surface area contributed by atoms with Crippen LogP contribution in [0.25, 0.3) is 22.8 Å². The minimum absolute atomic E-state index is 0.0824. The molecule has 0 aliphatic rings. The van der Waals surface area contributed by atoms with Crippen molar-refractivity contribution in [3.63, 3.8) is 0 Å². The van der Waals surface area contributed by atoms with Crippen LogP contribution in [0.3, 0.4) is 0 Å². The van der Waals surface area contributed by atoms with Gasteiger partial charge in [0.15, 0.2) is 0 Å². The fraction of sp³-hybridized carbons (Fsp3) is 0.130. The molecule has 7 nitrogen and oxygen atoms in total. The number of nitrogens with zero attached hydrogens (tertiary/aromatic N) is 3. The van der Waals surface area contributed by atoms with Gasteiger partial charge in [-0.05, 0) is 73.5 Å². The van der Waals surface area contributed by atoms with E-state index in [-0.39, 0.29) is 23.9 Å². The van der Waals surface area contributed by atoms with E-state index in [2.05, 4.69) is 15.5 Å². The summed E-state index contributed by atoms with van der Waals surface area (Å²) < 4.78 is 6.60. The van der Waals surface area contributed by atoms with E-state index in [1.165, 1.54) is 4.57 Å². The third kappa shape index (κ3) is 4.73. The maximum absolute atomic E-state index is 12.9. The molecule has 156 valence electrons. The van der Waals surface area contributed by atoms with Crippen LogP contribution in [0.4, 0.5) is 5.69 Å². The molecule has 0 saturated carbocycles. The van der Waals surface area contributed by atoms with E-state index in [9.17, 15) is 9.59 Å². The molecule has 1 N–H and O–H groups in total. The van der Waals surface area contributed by atoms with Gasteiger partial charge in [0.25, 0.3) is 11.4 Å². The first-order valence-electron chi connectivity index (χ1n) is 9.57. The molecule has 0 atom stereocenters. The second-order valence-electron chi connectivity index (χ2n) is 7.21. The lowest BCUT2D eigenvalue weighted by Crippen LogP contribution is -2.28. The van der Waals surface area contributed by atoms with Crippen molar-refractivity contribution in [3.8, 4) is 22.8 Å². The van der Waals surface area contributed by atoms with Crippen LogP contribution < -0.4 is 10.9 Å². The van der Waals surface area contributed by atoms with Crippen molar-refractivity contribution in [2.75, 3.05) is 5.32 Å². The number of carbonyl (C=O) groups is 1. The van der Waals surface area contributed by atoms with Crippen molar-refractivity contribution >= 4 is 23.2 Å². The number of pyridine rings is 1. The molecule has 0 fully saturated rings. The van der Waals surface area contributed by atoms with Crippen LogP contribution in [0.2, 0.25) is 5.02 Å². The highest BCUT2D eigenvalue weighted by Gasteiger charge is 2.16. The van der Waals surface area contributed by atoms with E-state index in [0.29, 0.717) is 22.1 Å². The van der Waals surface area contributed by atoms with Gasteiger partial charge in [0.05, 0.1) is 0 Å². The summed E-state index contributed by atoms with van der Waals surface area (Å²) in [6.07, 6.45) is 1.55. The Morgan fingerprint density at radius 3 is 2.52 bits per heavy atom. The number of rotatable bonds is 5. The average Bonchev–Trinajstić information content (AvgIpc) is 3.19. The molecule has 8 heteroatoms. The first-order valence-corrected chi connectivity index (χ1v) is 9.94. The molecule has 0 saturated heterocycles. The number of hydrogen-bond donors (Lipinski definition) is 1. The predicted octanol–water partition coefficient (Wildman–Crippen LogP) is 4.47. The fourth-order valence-electron chi connectivity index (χ4n) is 3.28. The Morgan fingerprint density at radius 1 is 1.10 bits per heavy atom. The maximum Gasteiger partial charge on any atom is 0.263 e. The SMILES string of the molecule is Cc1cc(C)cc(NC(=O)Cn2cccc(-c3nc(-c4ccc(Cl)cc4)no3)c2=O)c1. The summed E-state index contributed by atoms with van der Waals surface area (Å²) in [7, 11) is 0. The number of nitrogens with one attached hydrogen (secondary N) is 1. The summed E-state index contributed by atoms with van der Waals surface area (Å²) in [4.78, 5) is 29.7. The minimum atomic E-state index is -0.399. The van der Waals surface area contributed by atoms with E-state index < -0.39 is 5.56 Å². The lowest BCUT2D eigenvalue weighted by Gasteiger charge is -2.09. The topological polar surface area (TPSA) is 90.0 Å². The van der Waals surface area contributed by atoms with Crippen LogP contribution in [0.1, 0.15) is 11.1 Å². The smallest absolute Gasteiger partial charge is 0.263 e. The van der Waals surface area contributed by atoms with Gasteiger partial charge in [0.2, 0.25) is 11.7 Å². The molecule has 1 amide bonds. The fourth-order valence-corrected chi connectivity index (χ4v) is 3.40. The molecule has 2 aromatic carbocycles.